The fraction of sp³-hybridized carbons (Fsp3) is 0.0667. The van der Waals surface area contributed by atoms with Gasteiger partial charge in [-0.1, -0.05) is 28.1 Å². The van der Waals surface area contributed by atoms with Gasteiger partial charge in [-0.15, -0.1) is 0 Å². The van der Waals surface area contributed by atoms with Crippen molar-refractivity contribution in [2.45, 2.75) is 0 Å². The minimum atomic E-state index is -0.262. The lowest BCUT2D eigenvalue weighted by molar-refractivity contribution is 0.418. The Balaban J connectivity index is 2.37. The Hall–Kier alpha value is -1.81. The standard InChI is InChI=1S/C15H11BrFNO/c1-19-14-7-6-11(16)10-8-9-18(15(10)14)13-5-3-2-4-12(13)17/h2-9H,1H3. The van der Waals surface area contributed by atoms with Crippen LogP contribution in [0.15, 0.2) is 53.1 Å². The third-order valence-corrected chi connectivity index (χ3v) is 3.78. The molecule has 0 bridgehead atoms. The van der Waals surface area contributed by atoms with Crippen LogP contribution >= 0.6 is 15.9 Å². The van der Waals surface area contributed by atoms with Gasteiger partial charge in [-0.05, 0) is 30.3 Å². The summed E-state index contributed by atoms with van der Waals surface area (Å²) in [5, 5.41) is 0.989. The molecule has 1 aromatic heterocycles. The van der Waals surface area contributed by atoms with Crippen molar-refractivity contribution in [3.05, 3.63) is 59.0 Å². The molecule has 0 unspecified atom stereocenters. The van der Waals surface area contributed by atoms with Crippen LogP contribution in [0.25, 0.3) is 16.6 Å². The summed E-state index contributed by atoms with van der Waals surface area (Å²) < 4.78 is 22.1. The normalized spacial score (nSPS) is 10.9. The van der Waals surface area contributed by atoms with Crippen molar-refractivity contribution in [1.29, 1.82) is 0 Å². The third-order valence-electron chi connectivity index (χ3n) is 3.09. The minimum Gasteiger partial charge on any atom is -0.495 e. The highest BCUT2D eigenvalue weighted by Gasteiger charge is 2.13. The molecule has 19 heavy (non-hydrogen) atoms. The minimum absolute atomic E-state index is 0.262. The molecule has 3 aromatic rings. The number of hydrogen-bond donors (Lipinski definition) is 0. The second-order valence-electron chi connectivity index (χ2n) is 4.15. The van der Waals surface area contributed by atoms with Gasteiger partial charge >= 0.3 is 0 Å². The second kappa shape index (κ2) is 4.70. The molecule has 0 N–H and O–H groups in total. The van der Waals surface area contributed by atoms with Crippen molar-refractivity contribution in [3.63, 3.8) is 0 Å². The predicted molar refractivity (Wildman–Crippen MR) is 77.5 cm³/mol. The van der Waals surface area contributed by atoms with E-state index in [0.717, 1.165) is 15.4 Å². The van der Waals surface area contributed by atoms with E-state index in [1.807, 2.05) is 30.5 Å². The summed E-state index contributed by atoms with van der Waals surface area (Å²) >= 11 is 3.50. The smallest absolute Gasteiger partial charge is 0.147 e. The van der Waals surface area contributed by atoms with Gasteiger partial charge < -0.3 is 9.30 Å². The molecule has 0 saturated heterocycles. The van der Waals surface area contributed by atoms with E-state index in [4.69, 9.17) is 4.74 Å². The van der Waals surface area contributed by atoms with E-state index in [1.165, 1.54) is 6.07 Å². The van der Waals surface area contributed by atoms with Crippen LogP contribution in [0.2, 0.25) is 0 Å². The Kier molecular flexibility index (Phi) is 3.03. The lowest BCUT2D eigenvalue weighted by Crippen LogP contribution is -1.97. The maximum Gasteiger partial charge on any atom is 0.147 e. The molecular weight excluding hydrogens is 309 g/mol. The number of nitrogens with zero attached hydrogens (tertiary/aromatic N) is 1. The first-order valence-electron chi connectivity index (χ1n) is 5.81. The van der Waals surface area contributed by atoms with Gasteiger partial charge in [0.2, 0.25) is 0 Å². The van der Waals surface area contributed by atoms with Crippen molar-refractivity contribution in [2.75, 3.05) is 7.11 Å². The zero-order chi connectivity index (χ0) is 13.4. The monoisotopic (exact) mass is 319 g/mol. The number of aromatic nitrogens is 1. The Bertz CT molecular complexity index is 751. The highest BCUT2D eigenvalue weighted by molar-refractivity contribution is 9.10. The Morgan fingerprint density at radius 3 is 2.63 bits per heavy atom. The van der Waals surface area contributed by atoms with E-state index in [9.17, 15) is 4.39 Å². The van der Waals surface area contributed by atoms with Gasteiger partial charge in [0.05, 0.1) is 18.3 Å². The van der Waals surface area contributed by atoms with Crippen molar-refractivity contribution in [1.82, 2.24) is 4.57 Å². The Morgan fingerprint density at radius 2 is 1.89 bits per heavy atom. The van der Waals surface area contributed by atoms with E-state index in [1.54, 1.807) is 23.8 Å². The number of ether oxygens (including phenoxy) is 1. The first-order chi connectivity index (χ1) is 9.22. The maximum atomic E-state index is 13.9. The van der Waals surface area contributed by atoms with Crippen LogP contribution in [-0.2, 0) is 0 Å². The summed E-state index contributed by atoms with van der Waals surface area (Å²) in [4.78, 5) is 0. The van der Waals surface area contributed by atoms with Gasteiger partial charge in [0.25, 0.3) is 0 Å². The molecule has 0 atom stereocenters. The van der Waals surface area contributed by atoms with Crippen LogP contribution in [0.1, 0.15) is 0 Å². The van der Waals surface area contributed by atoms with E-state index in [-0.39, 0.29) is 5.82 Å². The number of fused-ring (bicyclic) bond motifs is 1. The van der Waals surface area contributed by atoms with Gasteiger partial charge in [0.15, 0.2) is 0 Å². The molecule has 0 saturated carbocycles. The molecule has 1 heterocycles. The molecule has 0 amide bonds. The molecule has 0 aliphatic heterocycles. The van der Waals surface area contributed by atoms with Gasteiger partial charge in [0, 0.05) is 16.1 Å². The number of para-hydroxylation sites is 1. The number of benzene rings is 2. The molecule has 2 aromatic carbocycles. The highest BCUT2D eigenvalue weighted by Crippen LogP contribution is 2.34. The van der Waals surface area contributed by atoms with E-state index < -0.39 is 0 Å². The first kappa shape index (κ1) is 12.2. The quantitative estimate of drug-likeness (QED) is 0.676. The molecule has 2 nitrogen and oxygen atoms in total. The number of halogens is 2. The van der Waals surface area contributed by atoms with E-state index in [2.05, 4.69) is 15.9 Å². The summed E-state index contributed by atoms with van der Waals surface area (Å²) in [7, 11) is 1.61. The fourth-order valence-electron chi connectivity index (χ4n) is 2.21. The molecular formula is C15H11BrFNO. The largest absolute Gasteiger partial charge is 0.495 e. The maximum absolute atomic E-state index is 13.9. The summed E-state index contributed by atoms with van der Waals surface area (Å²) in [5.41, 5.74) is 1.36. The summed E-state index contributed by atoms with van der Waals surface area (Å²) in [6.07, 6.45) is 1.84. The molecule has 3 rings (SSSR count). The lowest BCUT2D eigenvalue weighted by atomic mass is 10.2. The number of rotatable bonds is 2. The topological polar surface area (TPSA) is 14.2 Å². The molecule has 0 spiro atoms. The van der Waals surface area contributed by atoms with Gasteiger partial charge in [-0.25, -0.2) is 4.39 Å². The molecule has 0 aliphatic carbocycles. The van der Waals surface area contributed by atoms with Crippen molar-refractivity contribution in [2.24, 2.45) is 0 Å². The van der Waals surface area contributed by atoms with Crippen LogP contribution < -0.4 is 4.74 Å². The SMILES string of the molecule is COc1ccc(Br)c2ccn(-c3ccccc3F)c12. The average Bonchev–Trinajstić information content (AvgIpc) is 2.86. The van der Waals surface area contributed by atoms with Crippen LogP contribution in [-0.4, -0.2) is 11.7 Å². The first-order valence-corrected chi connectivity index (χ1v) is 6.60. The van der Waals surface area contributed by atoms with Crippen molar-refractivity contribution in [3.8, 4) is 11.4 Å². The average molecular weight is 320 g/mol. The Labute approximate surface area is 118 Å². The highest BCUT2D eigenvalue weighted by atomic mass is 79.9. The summed E-state index contributed by atoms with van der Waals surface area (Å²) in [6.45, 7) is 0. The lowest BCUT2D eigenvalue weighted by Gasteiger charge is -2.10. The van der Waals surface area contributed by atoms with Crippen molar-refractivity contribution < 1.29 is 9.13 Å². The second-order valence-corrected chi connectivity index (χ2v) is 5.00. The fourth-order valence-corrected chi connectivity index (χ4v) is 2.66. The Morgan fingerprint density at radius 1 is 1.11 bits per heavy atom. The third kappa shape index (κ3) is 1.92. The predicted octanol–water partition coefficient (Wildman–Crippen LogP) is 4.54. The van der Waals surface area contributed by atoms with Crippen LogP contribution in [0.4, 0.5) is 4.39 Å². The summed E-state index contributed by atoms with van der Waals surface area (Å²) in [6, 6.07) is 12.4. The number of hydrogen-bond acceptors (Lipinski definition) is 1. The van der Waals surface area contributed by atoms with Gasteiger partial charge in [-0.2, -0.15) is 0 Å². The molecule has 0 aliphatic rings. The molecule has 0 fully saturated rings. The van der Waals surface area contributed by atoms with E-state index >= 15 is 0 Å². The molecule has 0 radical (unpaired) electrons. The van der Waals surface area contributed by atoms with Crippen LogP contribution in [0, 0.1) is 5.82 Å². The zero-order valence-electron chi connectivity index (χ0n) is 10.2. The van der Waals surface area contributed by atoms with Crippen LogP contribution in [0.5, 0.6) is 5.75 Å². The molecule has 4 heteroatoms. The van der Waals surface area contributed by atoms with Crippen molar-refractivity contribution >= 4 is 26.8 Å². The van der Waals surface area contributed by atoms with Crippen LogP contribution in [0.3, 0.4) is 0 Å². The summed E-state index contributed by atoms with van der Waals surface area (Å²) in [5.74, 6) is 0.452. The van der Waals surface area contributed by atoms with E-state index in [0.29, 0.717) is 11.4 Å². The molecule has 96 valence electrons. The van der Waals surface area contributed by atoms with Gasteiger partial charge in [0.1, 0.15) is 11.6 Å². The zero-order valence-corrected chi connectivity index (χ0v) is 11.8. The van der Waals surface area contributed by atoms with Gasteiger partial charge in [-0.3, -0.25) is 0 Å². The number of methoxy groups -OCH3 is 1.